The number of aliphatic imine (C=N–C) groups is 1. The molecule has 0 saturated carbocycles. The highest BCUT2D eigenvalue weighted by atomic mass is 15.1. The van der Waals surface area contributed by atoms with Gasteiger partial charge in [0, 0.05) is 30.0 Å². The Morgan fingerprint density at radius 3 is 2.33 bits per heavy atom. The van der Waals surface area contributed by atoms with Gasteiger partial charge in [0.1, 0.15) is 0 Å². The van der Waals surface area contributed by atoms with Crippen LogP contribution in [-0.4, -0.2) is 37.8 Å². The Labute approximate surface area is 201 Å². The van der Waals surface area contributed by atoms with Crippen molar-refractivity contribution in [3.63, 3.8) is 0 Å². The second-order valence-corrected chi connectivity index (χ2v) is 8.85. The summed E-state index contributed by atoms with van der Waals surface area (Å²) in [5.41, 5.74) is 14.1. The summed E-state index contributed by atoms with van der Waals surface area (Å²) >= 11 is 0. The quantitative estimate of drug-likeness (QED) is 0.444. The molecule has 0 atom stereocenters. The van der Waals surface area contributed by atoms with Crippen molar-refractivity contribution in [2.75, 3.05) is 24.5 Å². The van der Waals surface area contributed by atoms with Gasteiger partial charge in [0.2, 0.25) is 7.98 Å². The molecule has 2 aromatic rings. The minimum absolute atomic E-state index is 0.609. The zero-order valence-electron chi connectivity index (χ0n) is 20.8. The van der Waals surface area contributed by atoms with Crippen molar-refractivity contribution >= 4 is 31.0 Å². The van der Waals surface area contributed by atoms with Gasteiger partial charge in [0.15, 0.2) is 0 Å². The van der Waals surface area contributed by atoms with E-state index in [4.69, 9.17) is 10.7 Å². The van der Waals surface area contributed by atoms with Crippen LogP contribution in [-0.2, 0) is 0 Å². The molecule has 0 bridgehead atoms. The molecule has 33 heavy (non-hydrogen) atoms. The number of hydrogen-bond acceptors (Lipinski definition) is 3. The molecule has 174 valence electrons. The molecule has 2 N–H and O–H groups in total. The average molecular weight is 442 g/mol. The predicted octanol–water partition coefficient (Wildman–Crippen LogP) is 5.47. The third-order valence-electron chi connectivity index (χ3n) is 6.18. The van der Waals surface area contributed by atoms with E-state index >= 15 is 0 Å². The first-order valence-electron chi connectivity index (χ1n) is 12.4. The maximum atomic E-state index is 5.93. The van der Waals surface area contributed by atoms with Gasteiger partial charge in [0.05, 0.1) is 11.4 Å². The molecule has 5 heteroatoms. The Kier molecular flexibility index (Phi) is 9.38. The molecule has 0 unspecified atom stereocenters. The second kappa shape index (κ2) is 12.5. The molecular formula is C28H39BN4. The lowest BCUT2D eigenvalue weighted by Gasteiger charge is -2.24. The molecule has 0 amide bonds. The number of nitrogens with zero attached hydrogens (tertiary/aromatic N) is 3. The molecule has 1 aromatic carbocycles. The molecule has 4 nitrogen and oxygen atoms in total. The fourth-order valence-corrected chi connectivity index (χ4v) is 4.26. The highest BCUT2D eigenvalue weighted by Crippen LogP contribution is 2.31. The maximum absolute atomic E-state index is 5.93. The maximum Gasteiger partial charge on any atom is 0.223 e. The van der Waals surface area contributed by atoms with Gasteiger partial charge in [-0.25, -0.2) is 4.99 Å². The molecule has 1 aromatic heterocycles. The number of unbranched alkanes of at least 4 members (excludes halogenated alkanes) is 2. The summed E-state index contributed by atoms with van der Waals surface area (Å²) in [5.74, 6) is 0. The molecule has 0 aliphatic carbocycles. The minimum Gasteiger partial charge on any atom is -0.399 e. The SMILES string of the molecule is Bn1cccc1/C(CCN)=C1N=C(/C=C/c2ccc(N(CCCC)CCCC)cc2)C=C\1C. The van der Waals surface area contributed by atoms with Crippen molar-refractivity contribution in [2.45, 2.75) is 52.9 Å². The van der Waals surface area contributed by atoms with Crippen LogP contribution in [0.2, 0.25) is 0 Å². The van der Waals surface area contributed by atoms with E-state index < -0.39 is 0 Å². The number of benzene rings is 1. The van der Waals surface area contributed by atoms with Crippen molar-refractivity contribution in [2.24, 2.45) is 10.7 Å². The number of nitrogens with two attached hydrogens (primary N) is 1. The van der Waals surface area contributed by atoms with E-state index in [0.717, 1.165) is 30.9 Å². The van der Waals surface area contributed by atoms with Gasteiger partial charge in [-0.1, -0.05) is 44.9 Å². The van der Waals surface area contributed by atoms with Crippen LogP contribution in [0, 0.1) is 0 Å². The lowest BCUT2D eigenvalue weighted by Crippen LogP contribution is -2.25. The molecule has 0 radical (unpaired) electrons. The zero-order valence-corrected chi connectivity index (χ0v) is 20.8. The van der Waals surface area contributed by atoms with E-state index in [1.807, 2.05) is 0 Å². The Bertz CT molecular complexity index is 1020. The largest absolute Gasteiger partial charge is 0.399 e. The van der Waals surface area contributed by atoms with Crippen LogP contribution < -0.4 is 10.6 Å². The number of rotatable bonds is 12. The minimum atomic E-state index is 0.609. The fourth-order valence-electron chi connectivity index (χ4n) is 4.26. The van der Waals surface area contributed by atoms with Crippen LogP contribution in [0.4, 0.5) is 5.69 Å². The summed E-state index contributed by atoms with van der Waals surface area (Å²) in [4.78, 5) is 7.47. The lowest BCUT2D eigenvalue weighted by atomic mass is 10.0. The molecule has 0 fully saturated rings. The van der Waals surface area contributed by atoms with Gasteiger partial charge in [-0.15, -0.1) is 0 Å². The normalized spacial score (nSPS) is 15.2. The summed E-state index contributed by atoms with van der Waals surface area (Å²) in [7, 11) is 2.07. The van der Waals surface area contributed by atoms with Crippen LogP contribution in [0.3, 0.4) is 0 Å². The monoisotopic (exact) mass is 442 g/mol. The Balaban J connectivity index is 1.77. The van der Waals surface area contributed by atoms with Crippen LogP contribution in [0.25, 0.3) is 11.6 Å². The first-order chi connectivity index (χ1) is 16.1. The van der Waals surface area contributed by atoms with Crippen LogP contribution in [0.1, 0.15) is 64.1 Å². The van der Waals surface area contributed by atoms with E-state index in [9.17, 15) is 0 Å². The van der Waals surface area contributed by atoms with Crippen molar-refractivity contribution < 1.29 is 0 Å². The Morgan fingerprint density at radius 2 is 1.76 bits per heavy atom. The molecule has 1 aliphatic heterocycles. The number of aromatic nitrogens is 1. The van der Waals surface area contributed by atoms with Gasteiger partial charge in [-0.05, 0) is 86.5 Å². The molecule has 2 heterocycles. The van der Waals surface area contributed by atoms with Gasteiger partial charge in [-0.3, -0.25) is 0 Å². The van der Waals surface area contributed by atoms with Gasteiger partial charge in [0.25, 0.3) is 0 Å². The lowest BCUT2D eigenvalue weighted by molar-refractivity contribution is 0.678. The third-order valence-corrected chi connectivity index (χ3v) is 6.18. The third kappa shape index (κ3) is 6.61. The van der Waals surface area contributed by atoms with E-state index in [2.05, 4.69) is 99.0 Å². The fraction of sp³-hybridized carbons (Fsp3) is 0.393. The summed E-state index contributed by atoms with van der Waals surface area (Å²) in [5, 5.41) is 0. The zero-order chi connectivity index (χ0) is 23.6. The van der Waals surface area contributed by atoms with E-state index in [-0.39, 0.29) is 0 Å². The first kappa shape index (κ1) is 24.8. The van der Waals surface area contributed by atoms with Crippen molar-refractivity contribution in [3.8, 4) is 0 Å². The van der Waals surface area contributed by atoms with E-state index in [0.29, 0.717) is 6.54 Å². The molecular weight excluding hydrogens is 403 g/mol. The highest BCUT2D eigenvalue weighted by molar-refractivity contribution is 6.11. The highest BCUT2D eigenvalue weighted by Gasteiger charge is 2.17. The van der Waals surface area contributed by atoms with Crippen LogP contribution in [0.5, 0.6) is 0 Å². The molecule has 0 spiro atoms. The summed E-state index contributed by atoms with van der Waals surface area (Å²) in [6, 6.07) is 13.1. The van der Waals surface area contributed by atoms with Crippen molar-refractivity contribution in [1.29, 1.82) is 0 Å². The van der Waals surface area contributed by atoms with E-state index in [1.165, 1.54) is 53.8 Å². The molecule has 1 aliphatic rings. The van der Waals surface area contributed by atoms with Crippen molar-refractivity contribution in [1.82, 2.24) is 4.48 Å². The number of anilines is 1. The van der Waals surface area contributed by atoms with Crippen molar-refractivity contribution in [3.05, 3.63) is 77.3 Å². The number of hydrogen-bond donors (Lipinski definition) is 1. The summed E-state index contributed by atoms with van der Waals surface area (Å²) < 4.78 is 2.14. The topological polar surface area (TPSA) is 46.6 Å². The van der Waals surface area contributed by atoms with Gasteiger partial charge >= 0.3 is 0 Å². The Morgan fingerprint density at radius 1 is 1.06 bits per heavy atom. The predicted molar refractivity (Wildman–Crippen MR) is 148 cm³/mol. The first-order valence-corrected chi connectivity index (χ1v) is 12.4. The number of allylic oxidation sites excluding steroid dienone is 3. The standard InChI is InChI=1S/C28H39BN4/c1-4-6-18-32(19-7-5-2)25-14-11-23(12-15-25)10-13-24-21-22(3)28(31-24)26(16-17-30)27-9-8-20-33(27)29/h8-15,20-21H,4-7,16-19,29-30H2,1-3H3/b13-10+,28-26-. The van der Waals surface area contributed by atoms with Gasteiger partial charge in [-0.2, -0.15) is 0 Å². The smallest absolute Gasteiger partial charge is 0.223 e. The van der Waals surface area contributed by atoms with Crippen LogP contribution in [0.15, 0.2) is 71.0 Å². The average Bonchev–Trinajstić information content (AvgIpc) is 3.41. The molecule has 3 rings (SSSR count). The summed E-state index contributed by atoms with van der Waals surface area (Å²) in [6.45, 7) is 9.52. The summed E-state index contributed by atoms with van der Waals surface area (Å²) in [6.07, 6.45) is 14.2. The second-order valence-electron chi connectivity index (χ2n) is 8.85. The van der Waals surface area contributed by atoms with Crippen LogP contribution >= 0.6 is 0 Å². The Hall–Kier alpha value is -2.79. The van der Waals surface area contributed by atoms with Gasteiger partial charge < -0.3 is 15.1 Å². The molecule has 0 saturated heterocycles. The van der Waals surface area contributed by atoms with E-state index in [1.54, 1.807) is 0 Å².